The molecule has 1 saturated heterocycles. The topological polar surface area (TPSA) is 78.0 Å². The first-order valence-corrected chi connectivity index (χ1v) is 10.2. The van der Waals surface area contributed by atoms with Crippen LogP contribution in [0, 0.1) is 0 Å². The van der Waals surface area contributed by atoms with E-state index in [-0.39, 0.29) is 11.8 Å². The van der Waals surface area contributed by atoms with Crippen molar-refractivity contribution < 1.29 is 18.0 Å². The van der Waals surface area contributed by atoms with Gasteiger partial charge >= 0.3 is 0 Å². The van der Waals surface area contributed by atoms with Gasteiger partial charge in [-0.25, -0.2) is 8.42 Å². The molecule has 0 saturated carbocycles. The Bertz CT molecular complexity index is 798. The van der Waals surface area contributed by atoms with Gasteiger partial charge in [-0.05, 0) is 23.6 Å². The first-order chi connectivity index (χ1) is 11.8. The maximum Gasteiger partial charge on any atom is 0.227 e. The molecule has 3 rings (SSSR count). The lowest BCUT2D eigenvalue weighted by molar-refractivity contribution is -0.131. The molecule has 1 aromatic carbocycles. The lowest BCUT2D eigenvalue weighted by Crippen LogP contribution is -2.50. The minimum absolute atomic E-state index is 0.00772. The van der Waals surface area contributed by atoms with Crippen LogP contribution in [0.15, 0.2) is 18.2 Å². The van der Waals surface area contributed by atoms with Crippen LogP contribution in [0.1, 0.15) is 17.5 Å². The maximum atomic E-state index is 12.5. The molecule has 1 aromatic rings. The number of hydrogen-bond donors (Lipinski definition) is 0. The second-order valence-corrected chi connectivity index (χ2v) is 8.62. The molecule has 7 nitrogen and oxygen atoms in total. The molecule has 8 heteroatoms. The highest BCUT2D eigenvalue weighted by Crippen LogP contribution is 2.27. The van der Waals surface area contributed by atoms with Crippen LogP contribution in [0.4, 0.5) is 5.69 Å². The number of carbonyl (C=O) groups excluding carboxylic acids is 2. The fraction of sp³-hybridized carbons (Fsp3) is 0.529. The van der Waals surface area contributed by atoms with Gasteiger partial charge in [-0.15, -0.1) is 0 Å². The van der Waals surface area contributed by atoms with Crippen molar-refractivity contribution in [3.8, 4) is 0 Å². The third-order valence-electron chi connectivity index (χ3n) is 4.90. The Morgan fingerprint density at radius 2 is 1.80 bits per heavy atom. The second kappa shape index (κ2) is 6.76. The van der Waals surface area contributed by atoms with Crippen LogP contribution in [0.2, 0.25) is 0 Å². The van der Waals surface area contributed by atoms with Crippen molar-refractivity contribution in [1.29, 1.82) is 0 Å². The van der Waals surface area contributed by atoms with E-state index in [0.29, 0.717) is 45.4 Å². The summed E-state index contributed by atoms with van der Waals surface area (Å²) in [4.78, 5) is 27.6. The average Bonchev–Trinajstić information content (AvgIpc) is 2.57. The van der Waals surface area contributed by atoms with Gasteiger partial charge in [0, 0.05) is 45.3 Å². The third-order valence-corrected chi connectivity index (χ3v) is 6.21. The molecular formula is C17H23N3O4S. The molecule has 0 spiro atoms. The van der Waals surface area contributed by atoms with E-state index in [4.69, 9.17) is 0 Å². The minimum Gasteiger partial charge on any atom is -0.340 e. The number of aryl methyl sites for hydroxylation is 1. The predicted molar refractivity (Wildman–Crippen MR) is 94.9 cm³/mol. The number of hydrogen-bond acceptors (Lipinski definition) is 4. The van der Waals surface area contributed by atoms with Crippen molar-refractivity contribution in [3.05, 3.63) is 29.3 Å². The highest BCUT2D eigenvalue weighted by molar-refractivity contribution is 7.88. The van der Waals surface area contributed by atoms with E-state index in [2.05, 4.69) is 0 Å². The fourth-order valence-electron chi connectivity index (χ4n) is 3.38. The Morgan fingerprint density at radius 1 is 1.12 bits per heavy atom. The molecule has 0 radical (unpaired) electrons. The van der Waals surface area contributed by atoms with Gasteiger partial charge in [0.25, 0.3) is 0 Å². The fourth-order valence-corrected chi connectivity index (χ4v) is 4.20. The van der Waals surface area contributed by atoms with E-state index in [1.165, 1.54) is 10.6 Å². The van der Waals surface area contributed by atoms with Crippen LogP contribution in [0.25, 0.3) is 0 Å². The highest BCUT2D eigenvalue weighted by atomic mass is 32.2. The van der Waals surface area contributed by atoms with Gasteiger partial charge in [0.15, 0.2) is 0 Å². The minimum atomic E-state index is -3.19. The summed E-state index contributed by atoms with van der Waals surface area (Å²) < 4.78 is 24.5. The van der Waals surface area contributed by atoms with E-state index >= 15 is 0 Å². The van der Waals surface area contributed by atoms with Gasteiger partial charge in [0.1, 0.15) is 0 Å². The monoisotopic (exact) mass is 365 g/mol. The molecule has 25 heavy (non-hydrogen) atoms. The van der Waals surface area contributed by atoms with Crippen molar-refractivity contribution in [2.45, 2.75) is 19.3 Å². The summed E-state index contributed by atoms with van der Waals surface area (Å²) in [6.45, 7) is 1.55. The molecule has 0 N–H and O–H groups in total. The number of benzene rings is 1. The quantitative estimate of drug-likeness (QED) is 0.769. The largest absolute Gasteiger partial charge is 0.340 e. The van der Waals surface area contributed by atoms with Gasteiger partial charge in [-0.1, -0.05) is 12.1 Å². The third kappa shape index (κ3) is 3.85. The molecular weight excluding hydrogens is 342 g/mol. The van der Waals surface area contributed by atoms with Gasteiger partial charge in [0.2, 0.25) is 21.8 Å². The van der Waals surface area contributed by atoms with Gasteiger partial charge in [-0.3, -0.25) is 9.59 Å². The zero-order chi connectivity index (χ0) is 18.2. The van der Waals surface area contributed by atoms with Crippen LogP contribution in [-0.2, 0) is 32.5 Å². The number of sulfonamides is 1. The average molecular weight is 365 g/mol. The number of piperazine rings is 1. The Balaban J connectivity index is 1.64. The lowest BCUT2D eigenvalue weighted by atomic mass is 9.98. The summed E-state index contributed by atoms with van der Waals surface area (Å²) >= 11 is 0. The summed E-state index contributed by atoms with van der Waals surface area (Å²) in [5.74, 6) is 0.119. The van der Waals surface area contributed by atoms with E-state index in [9.17, 15) is 18.0 Å². The Labute approximate surface area is 148 Å². The van der Waals surface area contributed by atoms with Crippen molar-refractivity contribution in [2.24, 2.45) is 0 Å². The number of fused-ring (bicyclic) bond motifs is 1. The molecule has 2 aliphatic rings. The van der Waals surface area contributed by atoms with E-state index in [1.54, 1.807) is 16.8 Å². The van der Waals surface area contributed by atoms with Crippen molar-refractivity contribution in [1.82, 2.24) is 9.21 Å². The predicted octanol–water partition coefficient (Wildman–Crippen LogP) is 0.242. The first-order valence-electron chi connectivity index (χ1n) is 8.37. The first kappa shape index (κ1) is 17.9. The summed E-state index contributed by atoms with van der Waals surface area (Å²) in [5, 5.41) is 0. The number of anilines is 1. The number of amides is 2. The molecule has 2 heterocycles. The lowest BCUT2D eigenvalue weighted by Gasteiger charge is -2.33. The SMILES string of the molecule is CN1C(=O)CCc2cc(CC(=O)N3CCN(S(C)(=O)=O)CC3)ccc21. The van der Waals surface area contributed by atoms with Crippen LogP contribution < -0.4 is 4.90 Å². The number of nitrogens with zero attached hydrogens (tertiary/aromatic N) is 3. The molecule has 0 atom stereocenters. The number of carbonyl (C=O) groups is 2. The summed E-state index contributed by atoms with van der Waals surface area (Å²) in [5.41, 5.74) is 2.93. The zero-order valence-electron chi connectivity index (χ0n) is 14.6. The van der Waals surface area contributed by atoms with Crippen LogP contribution in [0.5, 0.6) is 0 Å². The number of rotatable bonds is 3. The summed E-state index contributed by atoms with van der Waals surface area (Å²) in [6.07, 6.45) is 2.69. The summed E-state index contributed by atoms with van der Waals surface area (Å²) in [6, 6.07) is 5.79. The van der Waals surface area contributed by atoms with Crippen LogP contribution in [-0.4, -0.2) is 68.9 Å². The molecule has 0 aliphatic carbocycles. The summed E-state index contributed by atoms with van der Waals surface area (Å²) in [7, 11) is -1.42. The molecule has 2 aliphatic heterocycles. The smallest absolute Gasteiger partial charge is 0.227 e. The zero-order valence-corrected chi connectivity index (χ0v) is 15.4. The molecule has 0 unspecified atom stereocenters. The van der Waals surface area contributed by atoms with Crippen molar-refractivity contribution in [3.63, 3.8) is 0 Å². The van der Waals surface area contributed by atoms with Crippen LogP contribution in [0.3, 0.4) is 0 Å². The molecule has 2 amide bonds. The molecule has 0 aromatic heterocycles. The molecule has 136 valence electrons. The normalized spacial score (nSPS) is 19.0. The standard InChI is InChI=1S/C17H23N3O4S/c1-18-15-5-3-13(11-14(15)4-6-16(18)21)12-17(22)19-7-9-20(10-8-19)25(2,23)24/h3,5,11H,4,6-10,12H2,1-2H3. The van der Waals surface area contributed by atoms with Gasteiger partial charge in [0.05, 0.1) is 12.7 Å². The maximum absolute atomic E-state index is 12.5. The van der Waals surface area contributed by atoms with Gasteiger partial charge < -0.3 is 9.80 Å². The van der Waals surface area contributed by atoms with E-state index in [0.717, 1.165) is 16.8 Å². The molecule has 0 bridgehead atoms. The Hall–Kier alpha value is -1.93. The Kier molecular flexibility index (Phi) is 4.83. The molecule has 1 fully saturated rings. The highest BCUT2D eigenvalue weighted by Gasteiger charge is 2.26. The van der Waals surface area contributed by atoms with E-state index < -0.39 is 10.0 Å². The van der Waals surface area contributed by atoms with Crippen molar-refractivity contribution >= 4 is 27.5 Å². The van der Waals surface area contributed by atoms with Gasteiger partial charge in [-0.2, -0.15) is 4.31 Å². The van der Waals surface area contributed by atoms with E-state index in [1.807, 2.05) is 18.2 Å². The van der Waals surface area contributed by atoms with Crippen molar-refractivity contribution in [2.75, 3.05) is 44.4 Å². The second-order valence-electron chi connectivity index (χ2n) is 6.64. The van der Waals surface area contributed by atoms with Crippen LogP contribution >= 0.6 is 0 Å². The Morgan fingerprint density at radius 3 is 2.44 bits per heavy atom.